The highest BCUT2D eigenvalue weighted by atomic mass is 32.1. The molecule has 2 aromatic heterocycles. The van der Waals surface area contributed by atoms with E-state index in [0.29, 0.717) is 9.88 Å². The first kappa shape index (κ1) is 17.3. The average Bonchev–Trinajstić information content (AvgIpc) is 3.11. The molecule has 0 aliphatic rings. The molecule has 0 saturated heterocycles. The molecule has 0 fully saturated rings. The molecule has 0 N–H and O–H groups in total. The molecule has 0 aromatic carbocycles. The van der Waals surface area contributed by atoms with E-state index >= 15 is 0 Å². The molecular weight excluding hydrogens is 332 g/mol. The highest BCUT2D eigenvalue weighted by molar-refractivity contribution is 7.14. The zero-order valence-electron chi connectivity index (χ0n) is 13.1. The summed E-state index contributed by atoms with van der Waals surface area (Å²) in [7, 11) is 0. The molecule has 2 heterocycles. The van der Waals surface area contributed by atoms with E-state index in [2.05, 4.69) is 4.98 Å². The van der Waals surface area contributed by atoms with Crippen molar-refractivity contribution < 1.29 is 14.3 Å². The zero-order chi connectivity index (χ0) is 17.0. The van der Waals surface area contributed by atoms with Crippen molar-refractivity contribution in [1.29, 1.82) is 5.26 Å². The van der Waals surface area contributed by atoms with Crippen molar-refractivity contribution in [2.75, 3.05) is 6.61 Å². The first-order valence-electron chi connectivity index (χ1n) is 7.07. The smallest absolute Gasteiger partial charge is 0.348 e. The minimum Gasteiger partial charge on any atom is -0.453 e. The number of carbonyl (C=O) groups excluding carboxylic acids is 2. The van der Waals surface area contributed by atoms with Gasteiger partial charge in [0.1, 0.15) is 9.88 Å². The van der Waals surface area contributed by atoms with Gasteiger partial charge in [-0.2, -0.15) is 5.26 Å². The van der Waals surface area contributed by atoms with Gasteiger partial charge in [0.05, 0.1) is 6.07 Å². The maximum Gasteiger partial charge on any atom is 0.348 e. The van der Waals surface area contributed by atoms with Gasteiger partial charge < -0.3 is 4.74 Å². The number of aromatic nitrogens is 1. The molecule has 23 heavy (non-hydrogen) atoms. The molecule has 0 amide bonds. The number of aryl methyl sites for hydroxylation is 3. The lowest BCUT2D eigenvalue weighted by molar-refractivity contribution is -0.122. The number of carbonyl (C=O) groups is 2. The standard InChI is InChI=1S/C16H16N2O3S2/c1-4-11-5-14(23-10(11)3)16(20)21-7-13(19)12(6-17)15-18-9(2)8-22-15/h5,8,12H,4,7H2,1-3H3/t12-/m0/s1. The van der Waals surface area contributed by atoms with E-state index < -0.39 is 24.3 Å². The number of nitriles is 1. The summed E-state index contributed by atoms with van der Waals surface area (Å²) in [5.74, 6) is -1.98. The largest absolute Gasteiger partial charge is 0.453 e. The fourth-order valence-electron chi connectivity index (χ4n) is 2.03. The topological polar surface area (TPSA) is 80.0 Å². The zero-order valence-corrected chi connectivity index (χ0v) is 14.7. The normalized spacial score (nSPS) is 11.7. The van der Waals surface area contributed by atoms with E-state index in [0.717, 1.165) is 22.6 Å². The molecule has 2 aromatic rings. The van der Waals surface area contributed by atoms with Crippen molar-refractivity contribution in [3.63, 3.8) is 0 Å². The van der Waals surface area contributed by atoms with Crippen LogP contribution in [0.1, 0.15) is 43.7 Å². The van der Waals surface area contributed by atoms with Crippen LogP contribution in [0.5, 0.6) is 0 Å². The first-order chi connectivity index (χ1) is 11.0. The minimum atomic E-state index is -0.988. The number of rotatable bonds is 6. The van der Waals surface area contributed by atoms with Crippen LogP contribution >= 0.6 is 22.7 Å². The Kier molecular flexibility index (Phi) is 5.64. The fraction of sp³-hybridized carbons (Fsp3) is 0.375. The number of hydrogen-bond donors (Lipinski definition) is 0. The van der Waals surface area contributed by atoms with Crippen molar-refractivity contribution in [2.45, 2.75) is 33.1 Å². The van der Waals surface area contributed by atoms with Crippen molar-refractivity contribution in [1.82, 2.24) is 4.98 Å². The van der Waals surface area contributed by atoms with Gasteiger partial charge in [-0.25, -0.2) is 9.78 Å². The predicted molar refractivity (Wildman–Crippen MR) is 88.9 cm³/mol. The summed E-state index contributed by atoms with van der Waals surface area (Å²) >= 11 is 2.61. The van der Waals surface area contributed by atoms with Crippen LogP contribution in [0.25, 0.3) is 0 Å². The lowest BCUT2D eigenvalue weighted by Gasteiger charge is -2.05. The Labute approximate surface area is 142 Å². The molecule has 0 radical (unpaired) electrons. The number of ketones is 1. The van der Waals surface area contributed by atoms with Gasteiger partial charge in [-0.05, 0) is 31.9 Å². The average molecular weight is 348 g/mol. The number of thiazole rings is 1. The molecule has 0 aliphatic carbocycles. The molecule has 0 saturated carbocycles. The van der Waals surface area contributed by atoms with E-state index in [9.17, 15) is 14.9 Å². The van der Waals surface area contributed by atoms with Crippen molar-refractivity contribution in [3.05, 3.63) is 37.5 Å². The van der Waals surface area contributed by atoms with Gasteiger partial charge in [0.15, 0.2) is 18.3 Å². The molecule has 5 nitrogen and oxygen atoms in total. The van der Waals surface area contributed by atoms with E-state index in [-0.39, 0.29) is 0 Å². The molecule has 0 aliphatic heterocycles. The summed E-state index contributed by atoms with van der Waals surface area (Å²) in [6, 6.07) is 3.72. The lowest BCUT2D eigenvalue weighted by atomic mass is 10.1. The Morgan fingerprint density at radius 3 is 2.70 bits per heavy atom. The van der Waals surface area contributed by atoms with E-state index in [1.165, 1.54) is 22.7 Å². The Morgan fingerprint density at radius 2 is 2.17 bits per heavy atom. The fourth-order valence-corrected chi connectivity index (χ4v) is 3.90. The first-order valence-corrected chi connectivity index (χ1v) is 8.76. The molecule has 1 atom stereocenters. The highest BCUT2D eigenvalue weighted by Gasteiger charge is 2.25. The Morgan fingerprint density at radius 1 is 1.43 bits per heavy atom. The number of hydrogen-bond acceptors (Lipinski definition) is 7. The van der Waals surface area contributed by atoms with Crippen LogP contribution in [0.4, 0.5) is 0 Å². The summed E-state index contributed by atoms with van der Waals surface area (Å²) in [6.07, 6.45) is 0.842. The van der Waals surface area contributed by atoms with E-state index in [4.69, 9.17) is 4.74 Å². The Hall–Kier alpha value is -2.04. The maximum absolute atomic E-state index is 12.1. The number of Topliss-reactive ketones (excluding diaryl/α,β-unsaturated/α-hetero) is 1. The molecule has 0 unspecified atom stereocenters. The Bertz CT molecular complexity index is 771. The number of nitrogens with zero attached hydrogens (tertiary/aromatic N) is 2. The molecular formula is C16H16N2O3S2. The second-order valence-electron chi connectivity index (χ2n) is 4.98. The van der Waals surface area contributed by atoms with Crippen LogP contribution < -0.4 is 0 Å². The third-order valence-corrected chi connectivity index (χ3v) is 5.38. The van der Waals surface area contributed by atoms with Crippen LogP contribution in [0, 0.1) is 25.2 Å². The maximum atomic E-state index is 12.1. The van der Waals surface area contributed by atoms with Crippen LogP contribution in [0.3, 0.4) is 0 Å². The third kappa shape index (κ3) is 4.03. The molecule has 120 valence electrons. The third-order valence-electron chi connectivity index (χ3n) is 3.28. The summed E-state index contributed by atoms with van der Waals surface area (Å²) in [5.41, 5.74) is 1.86. The van der Waals surface area contributed by atoms with Crippen molar-refractivity contribution in [2.24, 2.45) is 0 Å². The van der Waals surface area contributed by atoms with Crippen molar-refractivity contribution >= 4 is 34.4 Å². The monoisotopic (exact) mass is 348 g/mol. The predicted octanol–water partition coefficient (Wildman–Crippen LogP) is 3.42. The van der Waals surface area contributed by atoms with Gasteiger partial charge >= 0.3 is 5.97 Å². The molecule has 0 bridgehead atoms. The van der Waals surface area contributed by atoms with Gasteiger partial charge in [-0.1, -0.05) is 6.92 Å². The van der Waals surface area contributed by atoms with Gasteiger partial charge in [0.25, 0.3) is 0 Å². The lowest BCUT2D eigenvalue weighted by Crippen LogP contribution is -2.19. The molecule has 0 spiro atoms. The molecule has 2 rings (SSSR count). The number of ether oxygens (including phenoxy) is 1. The highest BCUT2D eigenvalue weighted by Crippen LogP contribution is 2.24. The molecule has 7 heteroatoms. The van der Waals surface area contributed by atoms with Gasteiger partial charge in [-0.3, -0.25) is 4.79 Å². The summed E-state index contributed by atoms with van der Waals surface area (Å²) in [6.45, 7) is 5.33. The van der Waals surface area contributed by atoms with Crippen LogP contribution in [-0.4, -0.2) is 23.3 Å². The second kappa shape index (κ2) is 7.49. The number of thiophene rings is 1. The summed E-state index contributed by atoms with van der Waals surface area (Å²) < 4.78 is 5.06. The van der Waals surface area contributed by atoms with Crippen LogP contribution in [-0.2, 0) is 16.0 Å². The van der Waals surface area contributed by atoms with Crippen LogP contribution in [0.15, 0.2) is 11.4 Å². The quantitative estimate of drug-likeness (QED) is 0.747. The summed E-state index contributed by atoms with van der Waals surface area (Å²) in [4.78, 5) is 29.8. The second-order valence-corrected chi connectivity index (χ2v) is 7.12. The summed E-state index contributed by atoms with van der Waals surface area (Å²) in [5, 5.41) is 11.4. The van der Waals surface area contributed by atoms with E-state index in [1.54, 1.807) is 18.4 Å². The van der Waals surface area contributed by atoms with E-state index in [1.807, 2.05) is 19.9 Å². The SMILES string of the molecule is CCc1cc(C(=O)OCC(=O)[C@H](C#N)c2nc(C)cs2)sc1C. The number of esters is 1. The minimum absolute atomic E-state index is 0.423. The van der Waals surface area contributed by atoms with Gasteiger partial charge in [0, 0.05) is 16.0 Å². The van der Waals surface area contributed by atoms with Gasteiger partial charge in [-0.15, -0.1) is 22.7 Å². The van der Waals surface area contributed by atoms with Crippen molar-refractivity contribution in [3.8, 4) is 6.07 Å². The Balaban J connectivity index is 2.00. The van der Waals surface area contributed by atoms with Gasteiger partial charge in [0.2, 0.25) is 0 Å². The van der Waals surface area contributed by atoms with Crippen LogP contribution in [0.2, 0.25) is 0 Å².